The average Bonchev–Trinajstić information content (AvgIpc) is 1.60. The summed E-state index contributed by atoms with van der Waals surface area (Å²) in [5.74, 6) is -0.727. The Hall–Kier alpha value is -13.0. The number of rotatable bonds is 20. The first-order chi connectivity index (χ1) is 60.9. The first kappa shape index (κ1) is 91.7. The predicted molar refractivity (Wildman–Crippen MR) is 495 cm³/mol. The van der Waals surface area contributed by atoms with Crippen LogP contribution in [-0.2, 0) is 71.6 Å². The van der Waals surface area contributed by atoms with Gasteiger partial charge in [0.25, 0.3) is 5.91 Å². The number of H-pyrrole nitrogens is 2. The lowest BCUT2D eigenvalue weighted by molar-refractivity contribution is -0.121. The number of nitrogens with two attached hydrogens (primary N) is 1. The normalized spacial score (nSPS) is 15.8. The quantitative estimate of drug-likeness (QED) is 0.0103. The maximum Gasteiger partial charge on any atom is 0.338 e. The summed E-state index contributed by atoms with van der Waals surface area (Å²) in [6.07, 6.45) is 2.40. The number of aromatic nitrogens is 2. The fourth-order valence-electron chi connectivity index (χ4n) is 16.4. The van der Waals surface area contributed by atoms with Gasteiger partial charge in [0.2, 0.25) is 17.7 Å². The number of amides is 4. The van der Waals surface area contributed by atoms with Crippen molar-refractivity contribution in [1.82, 2.24) is 24.7 Å². The van der Waals surface area contributed by atoms with Crippen LogP contribution in [-0.4, -0.2) is 233 Å². The third-order valence-corrected chi connectivity index (χ3v) is 22.6. The molecule has 127 heavy (non-hydrogen) atoms. The maximum atomic E-state index is 13.1. The van der Waals surface area contributed by atoms with E-state index in [0.29, 0.717) is 139 Å². The van der Waals surface area contributed by atoms with Crippen LogP contribution < -0.4 is 25.8 Å². The molecule has 2 aromatic heterocycles. The molecular formula is C97H102Cl2N12O16. The average molecular weight is 1760 g/mol. The molecule has 30 heteroatoms. The van der Waals surface area contributed by atoms with Crippen molar-refractivity contribution >= 4 is 151 Å². The number of nitrogens with one attached hydrogen (secondary N) is 3. The molecular weight excluding hydrogens is 1660 g/mol. The number of aliphatic imine (C=N–C) groups is 2. The van der Waals surface area contributed by atoms with Gasteiger partial charge in [0, 0.05) is 126 Å². The molecule has 0 saturated carbocycles. The molecule has 3 saturated heterocycles. The van der Waals surface area contributed by atoms with Crippen molar-refractivity contribution in [3.8, 4) is 11.8 Å². The molecule has 9 aromatic carbocycles. The SMILES string of the molecule is CCOC(=O)c1ccc2c(C(=Nc3ccc4c(c3)CCN4C(=O)CN3CCOCC3)c3ccccc3)c(O)[nH]c2c1.CCOC(=O)c1ccc2c(C(=Nc3ccc4c(c3)CCN4C(=O)CN3CCOCC3)c3ccccc3)c(O)[nH]c2c1.CCOC(=O)c1ccc2c(c1)NC(=O)/C2=C(\OC)c1ccccc1.Cl.Cl.Nc1ccc2c(c1)CCN2C(=O)CN1CCOCC1. The van der Waals surface area contributed by atoms with E-state index in [4.69, 9.17) is 48.9 Å². The summed E-state index contributed by atoms with van der Waals surface area (Å²) in [6, 6.07) is 61.7. The van der Waals surface area contributed by atoms with Gasteiger partial charge in [0.15, 0.2) is 11.8 Å². The molecule has 4 amide bonds. The van der Waals surface area contributed by atoms with Gasteiger partial charge in [-0.25, -0.2) is 24.4 Å². The summed E-state index contributed by atoms with van der Waals surface area (Å²) in [6.45, 7) is 18.3. The number of methoxy groups -OCH3 is 1. The molecule has 11 aromatic rings. The number of aromatic hydroxyl groups is 2. The topological polar surface area (TPSA) is 338 Å². The third kappa shape index (κ3) is 21.4. The molecule has 9 heterocycles. The number of hydrogen-bond acceptors (Lipinski definition) is 22. The number of halogens is 2. The first-order valence-corrected chi connectivity index (χ1v) is 42.2. The Labute approximate surface area is 747 Å². The molecule has 660 valence electrons. The summed E-state index contributed by atoms with van der Waals surface area (Å²) in [5, 5.41) is 26.4. The Balaban J connectivity index is 0.000000151. The monoisotopic (exact) mass is 1760 g/mol. The van der Waals surface area contributed by atoms with E-state index in [1.807, 2.05) is 160 Å². The van der Waals surface area contributed by atoms with Gasteiger partial charge in [-0.15, -0.1) is 24.8 Å². The van der Waals surface area contributed by atoms with E-state index in [1.54, 1.807) is 75.4 Å². The second-order valence-corrected chi connectivity index (χ2v) is 30.6. The summed E-state index contributed by atoms with van der Waals surface area (Å²) < 4.78 is 36.9. The van der Waals surface area contributed by atoms with Crippen molar-refractivity contribution in [3.05, 3.63) is 267 Å². The Bertz CT molecular complexity index is 5680. The Kier molecular flexibility index (Phi) is 30.9. The van der Waals surface area contributed by atoms with Crippen molar-refractivity contribution in [2.24, 2.45) is 9.98 Å². The van der Waals surface area contributed by atoms with Crippen LogP contribution in [0.15, 0.2) is 210 Å². The molecule has 7 aliphatic heterocycles. The Morgan fingerprint density at radius 2 is 0.787 bits per heavy atom. The van der Waals surface area contributed by atoms with Crippen molar-refractivity contribution in [2.75, 3.05) is 171 Å². The lowest BCUT2D eigenvalue weighted by atomic mass is 10.00. The van der Waals surface area contributed by atoms with Crippen LogP contribution in [0.3, 0.4) is 0 Å². The second kappa shape index (κ2) is 42.8. The molecule has 0 atom stereocenters. The highest BCUT2D eigenvalue weighted by Gasteiger charge is 2.34. The minimum atomic E-state index is -0.419. The minimum Gasteiger partial charge on any atom is -0.495 e. The number of esters is 3. The molecule has 0 aliphatic carbocycles. The number of carbonyl (C=O) groups is 7. The maximum absolute atomic E-state index is 13.1. The fourth-order valence-corrected chi connectivity index (χ4v) is 16.4. The van der Waals surface area contributed by atoms with Gasteiger partial charge in [-0.2, -0.15) is 0 Å². The van der Waals surface area contributed by atoms with Crippen molar-refractivity contribution in [2.45, 2.75) is 40.0 Å². The van der Waals surface area contributed by atoms with Crippen LogP contribution in [0.2, 0.25) is 0 Å². The van der Waals surface area contributed by atoms with Crippen LogP contribution in [0.1, 0.15) is 102 Å². The number of nitrogen functional groups attached to an aromatic ring is 1. The molecule has 28 nitrogen and oxygen atoms in total. The number of carbonyl (C=O) groups excluding carboxylic acids is 7. The Morgan fingerprint density at radius 1 is 0.425 bits per heavy atom. The number of nitrogens with zero attached hydrogens (tertiary/aromatic N) is 8. The number of anilines is 5. The van der Waals surface area contributed by atoms with E-state index in [9.17, 15) is 43.8 Å². The van der Waals surface area contributed by atoms with Gasteiger partial charge in [0.05, 0.1) is 148 Å². The number of ether oxygens (including phenoxy) is 7. The highest BCUT2D eigenvalue weighted by molar-refractivity contribution is 6.36. The Morgan fingerprint density at radius 3 is 1.17 bits per heavy atom. The largest absolute Gasteiger partial charge is 0.495 e. The number of benzene rings is 9. The summed E-state index contributed by atoms with van der Waals surface area (Å²) in [7, 11) is 1.54. The second-order valence-electron chi connectivity index (χ2n) is 30.6. The molecule has 0 radical (unpaired) electrons. The third-order valence-electron chi connectivity index (χ3n) is 22.6. The van der Waals surface area contributed by atoms with Gasteiger partial charge in [-0.05, 0) is 148 Å². The molecule has 0 bridgehead atoms. The lowest BCUT2D eigenvalue weighted by Gasteiger charge is -2.28. The summed E-state index contributed by atoms with van der Waals surface area (Å²) in [4.78, 5) is 116. The standard InChI is InChI=1S/2C32H32N4O5.C19H17NO4.C14H19N3O2.2ClH/c2*1-2-41-32(39)23-8-10-25-26(19-23)34-31(38)29(25)30(21-6-4-3-5-7-21)33-24-9-11-27-22(18-24)12-13-36(27)28(37)20-35-14-16-40-17-15-35;1-3-24-19(22)13-9-10-14-15(11-13)20-18(21)16(14)17(23-2)12-7-5-4-6-8-12;15-12-1-2-13-11(9-12)3-4-17(13)14(18)10-16-5-7-19-8-6-16;;/h2*3-11,18-19,34,38H,2,12-17,20H2,1H3;4-11H,3H2,1-2H3,(H,20,21);1-2,9H,3-8,10,15H2;2*1H/b;;17-16-;;;. The number of aromatic amines is 2. The smallest absolute Gasteiger partial charge is 0.338 e. The van der Waals surface area contributed by atoms with E-state index in [0.717, 1.165) is 151 Å². The van der Waals surface area contributed by atoms with Gasteiger partial charge in [0.1, 0.15) is 5.76 Å². The molecule has 0 spiro atoms. The van der Waals surface area contributed by atoms with Crippen molar-refractivity contribution in [3.63, 3.8) is 0 Å². The number of fused-ring (bicyclic) bond motifs is 6. The van der Waals surface area contributed by atoms with Crippen molar-refractivity contribution in [1.29, 1.82) is 0 Å². The zero-order valence-electron chi connectivity index (χ0n) is 71.1. The number of morpholine rings is 3. The van der Waals surface area contributed by atoms with Crippen LogP contribution in [0.5, 0.6) is 11.8 Å². The number of hydrogen-bond donors (Lipinski definition) is 6. The van der Waals surface area contributed by atoms with E-state index in [2.05, 4.69) is 30.0 Å². The van der Waals surface area contributed by atoms with Crippen LogP contribution in [0.4, 0.5) is 39.8 Å². The van der Waals surface area contributed by atoms with E-state index < -0.39 is 17.9 Å². The highest BCUT2D eigenvalue weighted by atomic mass is 35.5. The molecule has 7 N–H and O–H groups in total. The van der Waals surface area contributed by atoms with Crippen molar-refractivity contribution < 1.29 is 76.9 Å². The highest BCUT2D eigenvalue weighted by Crippen LogP contribution is 2.41. The van der Waals surface area contributed by atoms with Gasteiger partial charge in [-0.1, -0.05) is 109 Å². The van der Waals surface area contributed by atoms with Crippen LogP contribution >= 0.6 is 24.8 Å². The minimum absolute atomic E-state index is 0. The van der Waals surface area contributed by atoms with Gasteiger partial charge >= 0.3 is 17.9 Å². The lowest BCUT2D eigenvalue weighted by Crippen LogP contribution is -2.44. The van der Waals surface area contributed by atoms with Gasteiger partial charge in [-0.3, -0.25) is 33.9 Å². The van der Waals surface area contributed by atoms with Crippen LogP contribution in [0.25, 0.3) is 33.1 Å². The fraction of sp³-hybridized carbons (Fsp3) is 0.289. The molecule has 7 aliphatic rings. The predicted octanol–water partition coefficient (Wildman–Crippen LogP) is 13.5. The molecule has 0 unspecified atom stereocenters. The molecule has 18 rings (SSSR count). The summed E-state index contributed by atoms with van der Waals surface area (Å²) in [5.41, 5.74) is 23.1. The van der Waals surface area contributed by atoms with E-state index in [1.165, 1.54) is 12.7 Å². The van der Waals surface area contributed by atoms with E-state index >= 15 is 0 Å². The van der Waals surface area contributed by atoms with E-state index in [-0.39, 0.29) is 73.4 Å². The van der Waals surface area contributed by atoms with Gasteiger partial charge < -0.3 is 79.1 Å². The zero-order valence-corrected chi connectivity index (χ0v) is 72.7. The van der Waals surface area contributed by atoms with Crippen LogP contribution in [0, 0.1) is 0 Å². The summed E-state index contributed by atoms with van der Waals surface area (Å²) >= 11 is 0. The molecule has 3 fully saturated rings. The zero-order chi connectivity index (χ0) is 87.0. The first-order valence-electron chi connectivity index (χ1n) is 42.2.